The molecule has 0 amide bonds. The van der Waals surface area contributed by atoms with Crippen molar-refractivity contribution in [2.45, 2.75) is 25.0 Å². The molecule has 0 aromatic carbocycles. The van der Waals surface area contributed by atoms with Crippen LogP contribution in [0.4, 0.5) is 0 Å². The van der Waals surface area contributed by atoms with Crippen molar-refractivity contribution in [3.05, 3.63) is 12.2 Å². The van der Waals surface area contributed by atoms with Crippen LogP contribution in [0.3, 0.4) is 0 Å². The Hall–Kier alpha value is -0.630. The summed E-state index contributed by atoms with van der Waals surface area (Å²) in [4.78, 5) is 11.5. The minimum Gasteiger partial charge on any atom is -0.365 e. The normalized spacial score (nSPS) is 52.2. The van der Waals surface area contributed by atoms with Crippen molar-refractivity contribution < 1.29 is 9.53 Å². The van der Waals surface area contributed by atoms with Crippen LogP contribution in [0.15, 0.2) is 12.2 Å². The molecule has 11 heavy (non-hydrogen) atoms. The molecule has 4 bridgehead atoms. The molecule has 3 aliphatic rings. The molecular weight excluding hydrogens is 140 g/mol. The van der Waals surface area contributed by atoms with Crippen molar-refractivity contribution in [3.63, 3.8) is 0 Å². The van der Waals surface area contributed by atoms with Gasteiger partial charge in [-0.15, -0.1) is 0 Å². The van der Waals surface area contributed by atoms with E-state index in [-0.39, 0.29) is 24.0 Å². The summed E-state index contributed by atoms with van der Waals surface area (Å²) in [5.41, 5.74) is 0. The number of Topliss-reactive ketones (excluding diaryl/α,β-unsaturated/α-hetero) is 1. The number of carbonyl (C=O) groups excluding carboxylic acids is 1. The molecule has 2 heteroatoms. The van der Waals surface area contributed by atoms with Crippen LogP contribution in [-0.2, 0) is 9.53 Å². The van der Waals surface area contributed by atoms with E-state index in [2.05, 4.69) is 12.2 Å². The van der Waals surface area contributed by atoms with Gasteiger partial charge in [0, 0.05) is 11.8 Å². The van der Waals surface area contributed by atoms with Crippen molar-refractivity contribution in [1.29, 1.82) is 0 Å². The van der Waals surface area contributed by atoms with Gasteiger partial charge < -0.3 is 4.74 Å². The number of ketones is 1. The van der Waals surface area contributed by atoms with Crippen molar-refractivity contribution in [3.8, 4) is 0 Å². The second kappa shape index (κ2) is 1.75. The Morgan fingerprint density at radius 3 is 2.27 bits per heavy atom. The van der Waals surface area contributed by atoms with E-state index in [1.807, 2.05) is 0 Å². The van der Waals surface area contributed by atoms with E-state index < -0.39 is 0 Å². The van der Waals surface area contributed by atoms with Gasteiger partial charge in [0.25, 0.3) is 0 Å². The Labute approximate surface area is 65.2 Å². The van der Waals surface area contributed by atoms with Gasteiger partial charge in [-0.2, -0.15) is 0 Å². The predicted molar refractivity (Wildman–Crippen MR) is 39.0 cm³/mol. The molecule has 3 rings (SSSR count). The average molecular weight is 150 g/mol. The maximum Gasteiger partial charge on any atom is 0.144 e. The van der Waals surface area contributed by atoms with E-state index in [1.54, 1.807) is 0 Å². The van der Waals surface area contributed by atoms with Crippen LogP contribution in [0.2, 0.25) is 0 Å². The molecule has 58 valence electrons. The number of carbonyl (C=O) groups is 1. The van der Waals surface area contributed by atoms with Crippen molar-refractivity contribution >= 4 is 5.78 Å². The predicted octanol–water partition coefficient (Wildman–Crippen LogP) is 0.919. The highest BCUT2D eigenvalue weighted by Crippen LogP contribution is 2.43. The maximum absolute atomic E-state index is 11.5. The van der Waals surface area contributed by atoms with Gasteiger partial charge in [0.2, 0.25) is 0 Å². The standard InChI is InChI=1S/C9H10O2/c10-9-5-1-2-6(9)8-4-3-7(5)11-8/h3-8H,1-2H2/t5?,6?,7-,8+. The van der Waals surface area contributed by atoms with Gasteiger partial charge in [-0.05, 0) is 12.8 Å². The van der Waals surface area contributed by atoms with E-state index in [0.29, 0.717) is 5.78 Å². The molecule has 0 aromatic heterocycles. The quantitative estimate of drug-likeness (QED) is 0.480. The third-order valence-corrected chi connectivity index (χ3v) is 3.12. The van der Waals surface area contributed by atoms with E-state index in [0.717, 1.165) is 12.8 Å². The topological polar surface area (TPSA) is 26.3 Å². The third-order valence-electron chi connectivity index (χ3n) is 3.12. The van der Waals surface area contributed by atoms with E-state index in [4.69, 9.17) is 4.74 Å². The summed E-state index contributed by atoms with van der Waals surface area (Å²) in [6.07, 6.45) is 6.49. The Kier molecular flexibility index (Phi) is 0.946. The SMILES string of the molecule is O=C1C2CCC1[C@H]1C=C[C@@H]2O1. The summed E-state index contributed by atoms with van der Waals surface area (Å²) < 4.78 is 5.62. The van der Waals surface area contributed by atoms with Gasteiger partial charge in [0.15, 0.2) is 0 Å². The first-order valence-electron chi connectivity index (χ1n) is 4.24. The molecule has 1 saturated carbocycles. The fourth-order valence-corrected chi connectivity index (χ4v) is 2.52. The van der Waals surface area contributed by atoms with Crippen LogP contribution in [0.1, 0.15) is 12.8 Å². The minimum absolute atomic E-state index is 0.131. The first-order chi connectivity index (χ1) is 5.36. The molecule has 4 atom stereocenters. The summed E-state index contributed by atoms with van der Waals surface area (Å²) >= 11 is 0. The molecule has 0 aromatic rings. The van der Waals surface area contributed by atoms with E-state index in [1.165, 1.54) is 0 Å². The van der Waals surface area contributed by atoms with Gasteiger partial charge >= 0.3 is 0 Å². The number of rotatable bonds is 0. The Bertz CT molecular complexity index is 222. The second-order valence-electron chi connectivity index (χ2n) is 3.64. The van der Waals surface area contributed by atoms with Gasteiger partial charge in [-0.3, -0.25) is 4.79 Å². The van der Waals surface area contributed by atoms with Gasteiger partial charge in [0.05, 0.1) is 12.2 Å². The molecule has 0 radical (unpaired) electrons. The van der Waals surface area contributed by atoms with Crippen LogP contribution in [-0.4, -0.2) is 18.0 Å². The monoisotopic (exact) mass is 150 g/mol. The Morgan fingerprint density at radius 1 is 1.18 bits per heavy atom. The largest absolute Gasteiger partial charge is 0.365 e. The number of fused-ring (bicyclic) bond motifs is 6. The highest BCUT2D eigenvalue weighted by Gasteiger charge is 2.50. The van der Waals surface area contributed by atoms with Crippen LogP contribution in [0.5, 0.6) is 0 Å². The van der Waals surface area contributed by atoms with Crippen LogP contribution >= 0.6 is 0 Å². The van der Waals surface area contributed by atoms with Crippen LogP contribution in [0.25, 0.3) is 0 Å². The molecule has 2 unspecified atom stereocenters. The first-order valence-corrected chi connectivity index (χ1v) is 4.24. The first kappa shape index (κ1) is 5.95. The molecule has 2 nitrogen and oxygen atoms in total. The molecule has 0 spiro atoms. The lowest BCUT2D eigenvalue weighted by molar-refractivity contribution is -0.138. The number of hydrogen-bond acceptors (Lipinski definition) is 2. The van der Waals surface area contributed by atoms with Crippen molar-refractivity contribution in [2.24, 2.45) is 11.8 Å². The highest BCUT2D eigenvalue weighted by atomic mass is 16.5. The molecule has 1 saturated heterocycles. The molecule has 2 fully saturated rings. The van der Waals surface area contributed by atoms with Gasteiger partial charge in [-0.25, -0.2) is 0 Å². The van der Waals surface area contributed by atoms with Crippen molar-refractivity contribution in [2.75, 3.05) is 0 Å². The summed E-state index contributed by atoms with van der Waals surface area (Å²) in [6, 6.07) is 0. The zero-order valence-corrected chi connectivity index (χ0v) is 6.19. The van der Waals surface area contributed by atoms with E-state index >= 15 is 0 Å². The zero-order chi connectivity index (χ0) is 7.42. The third kappa shape index (κ3) is 0.590. The Morgan fingerprint density at radius 2 is 1.73 bits per heavy atom. The Balaban J connectivity index is 2.08. The molecule has 2 aliphatic heterocycles. The number of ether oxygens (including phenoxy) is 1. The van der Waals surface area contributed by atoms with E-state index in [9.17, 15) is 4.79 Å². The zero-order valence-electron chi connectivity index (χ0n) is 6.19. The lowest BCUT2D eigenvalue weighted by Gasteiger charge is -2.26. The van der Waals surface area contributed by atoms with Crippen LogP contribution in [0, 0.1) is 11.8 Å². The summed E-state index contributed by atoms with van der Waals surface area (Å²) in [5.74, 6) is 0.862. The average Bonchev–Trinajstić information content (AvgIpc) is 2.42. The molecular formula is C9H10O2. The minimum atomic E-state index is 0.131. The van der Waals surface area contributed by atoms with Gasteiger partial charge in [-0.1, -0.05) is 12.2 Å². The molecule has 0 N–H and O–H groups in total. The maximum atomic E-state index is 11.5. The fourth-order valence-electron chi connectivity index (χ4n) is 2.52. The number of hydrogen-bond donors (Lipinski definition) is 0. The fraction of sp³-hybridized carbons (Fsp3) is 0.667. The second-order valence-corrected chi connectivity index (χ2v) is 3.64. The lowest BCUT2D eigenvalue weighted by atomic mass is 9.95. The summed E-state index contributed by atoms with van der Waals surface area (Å²) in [6.45, 7) is 0. The highest BCUT2D eigenvalue weighted by molar-refractivity contribution is 5.88. The summed E-state index contributed by atoms with van der Waals surface area (Å²) in [7, 11) is 0. The van der Waals surface area contributed by atoms with Gasteiger partial charge in [0.1, 0.15) is 5.78 Å². The lowest BCUT2D eigenvalue weighted by Crippen LogP contribution is -2.37. The molecule has 2 heterocycles. The smallest absolute Gasteiger partial charge is 0.144 e. The molecule has 1 aliphatic carbocycles. The van der Waals surface area contributed by atoms with Crippen molar-refractivity contribution in [1.82, 2.24) is 0 Å². The summed E-state index contributed by atoms with van der Waals surface area (Å²) in [5, 5.41) is 0. The van der Waals surface area contributed by atoms with Crippen LogP contribution < -0.4 is 0 Å².